The number of aliphatic hydroxyl groups is 1. The minimum Gasteiger partial charge on any atom is -0.382 e. The first-order valence-corrected chi connectivity index (χ1v) is 5.17. The Balaban J connectivity index is 2.09. The van der Waals surface area contributed by atoms with Crippen LogP contribution in [-0.2, 0) is 0 Å². The van der Waals surface area contributed by atoms with Crippen LogP contribution in [0.25, 0.3) is 0 Å². The highest BCUT2D eigenvalue weighted by Crippen LogP contribution is 2.48. The molecule has 2 aliphatic carbocycles. The van der Waals surface area contributed by atoms with Crippen molar-refractivity contribution in [2.24, 2.45) is 17.8 Å². The zero-order valence-corrected chi connectivity index (χ0v) is 7.63. The number of hydrogen-bond acceptors (Lipinski definition) is 2. The molecule has 64 valence electrons. The largest absolute Gasteiger partial charge is 0.382 e. The van der Waals surface area contributed by atoms with Gasteiger partial charge in [0.25, 0.3) is 0 Å². The van der Waals surface area contributed by atoms with E-state index in [1.165, 1.54) is 32.1 Å². The summed E-state index contributed by atoms with van der Waals surface area (Å²) in [5.41, 5.74) is -0.354. The van der Waals surface area contributed by atoms with Gasteiger partial charge in [0.2, 0.25) is 0 Å². The summed E-state index contributed by atoms with van der Waals surface area (Å²) in [4.78, 5) is 0. The van der Waals surface area contributed by atoms with Gasteiger partial charge in [-0.3, -0.25) is 0 Å². The second kappa shape index (κ2) is 2.98. The van der Waals surface area contributed by atoms with E-state index in [1.807, 2.05) is 0 Å². The molecule has 2 aliphatic rings. The van der Waals surface area contributed by atoms with Crippen molar-refractivity contribution in [3.63, 3.8) is 0 Å². The Morgan fingerprint density at radius 2 is 1.64 bits per heavy atom. The van der Waals surface area contributed by atoms with E-state index in [2.05, 4.69) is 12.6 Å². The Hall–Kier alpha value is 0.310. The van der Waals surface area contributed by atoms with Crippen LogP contribution >= 0.6 is 12.6 Å². The molecule has 1 nitrogen and oxygen atoms in total. The van der Waals surface area contributed by atoms with Gasteiger partial charge in [-0.2, -0.15) is 0 Å². The Kier molecular flexibility index (Phi) is 2.15. The lowest BCUT2D eigenvalue weighted by Gasteiger charge is -2.31. The molecule has 3 atom stereocenters. The van der Waals surface area contributed by atoms with Crippen LogP contribution < -0.4 is 0 Å². The first-order chi connectivity index (χ1) is 5.29. The fraction of sp³-hybridized carbons (Fsp3) is 1.00. The molecule has 0 radical (unpaired) electrons. The van der Waals surface area contributed by atoms with E-state index < -0.39 is 0 Å². The van der Waals surface area contributed by atoms with Gasteiger partial charge in [0.05, 0.1) is 5.44 Å². The lowest BCUT2D eigenvalue weighted by atomic mass is 9.79. The summed E-state index contributed by atoms with van der Waals surface area (Å²) in [5, 5.41) is 9.42. The molecule has 0 aliphatic heterocycles. The third-order valence-electron chi connectivity index (χ3n) is 3.49. The summed E-state index contributed by atoms with van der Waals surface area (Å²) >= 11 is 4.16. The van der Waals surface area contributed by atoms with Gasteiger partial charge in [-0.1, -0.05) is 19.3 Å². The molecule has 2 unspecified atom stereocenters. The second-order valence-electron chi connectivity index (χ2n) is 4.02. The van der Waals surface area contributed by atoms with Crippen LogP contribution in [0.2, 0.25) is 0 Å². The van der Waals surface area contributed by atoms with E-state index in [0.29, 0.717) is 5.92 Å². The normalized spacial score (nSPS) is 45.8. The van der Waals surface area contributed by atoms with E-state index in [9.17, 15) is 5.11 Å². The maximum Gasteiger partial charge on any atom is 0.0998 e. The summed E-state index contributed by atoms with van der Waals surface area (Å²) < 4.78 is 0. The Morgan fingerprint density at radius 3 is 2.00 bits per heavy atom. The topological polar surface area (TPSA) is 20.2 Å². The predicted molar refractivity (Wildman–Crippen MR) is 48.5 cm³/mol. The number of fused-ring (bicyclic) bond motifs is 2. The van der Waals surface area contributed by atoms with E-state index in [4.69, 9.17) is 0 Å². The molecule has 0 saturated heterocycles. The molecule has 0 amide bonds. The van der Waals surface area contributed by atoms with Crippen molar-refractivity contribution < 1.29 is 5.11 Å². The van der Waals surface area contributed by atoms with E-state index >= 15 is 0 Å². The maximum absolute atomic E-state index is 9.42. The summed E-state index contributed by atoms with van der Waals surface area (Å²) in [6.45, 7) is 0. The highest BCUT2D eigenvalue weighted by Gasteiger charge is 2.41. The minimum absolute atomic E-state index is 0.354. The first kappa shape index (κ1) is 7.93. The molecule has 2 fully saturated rings. The van der Waals surface area contributed by atoms with Crippen molar-refractivity contribution in [1.82, 2.24) is 0 Å². The zero-order valence-electron chi connectivity index (χ0n) is 6.74. The molecular weight excluding hydrogens is 156 g/mol. The lowest BCUT2D eigenvalue weighted by molar-refractivity contribution is 0.103. The molecule has 1 N–H and O–H groups in total. The molecular formula is C9H16OS. The Morgan fingerprint density at radius 1 is 1.09 bits per heavy atom. The molecule has 2 saturated carbocycles. The van der Waals surface area contributed by atoms with Gasteiger partial charge in [-0.15, -0.1) is 12.6 Å². The lowest BCUT2D eigenvalue weighted by Crippen LogP contribution is -2.28. The average Bonchev–Trinajstić information content (AvgIpc) is 2.23. The first-order valence-electron chi connectivity index (χ1n) is 4.65. The smallest absolute Gasteiger partial charge is 0.0998 e. The van der Waals surface area contributed by atoms with Crippen LogP contribution in [0.4, 0.5) is 0 Å². The van der Waals surface area contributed by atoms with Gasteiger partial charge in [0.15, 0.2) is 0 Å². The Bertz CT molecular complexity index is 130. The summed E-state index contributed by atoms with van der Waals surface area (Å²) in [6.07, 6.45) is 6.73. The number of thiol groups is 1. The molecule has 2 bridgehead atoms. The van der Waals surface area contributed by atoms with Gasteiger partial charge in [-0.05, 0) is 30.6 Å². The van der Waals surface area contributed by atoms with Crippen molar-refractivity contribution in [3.8, 4) is 0 Å². The number of hydrogen-bond donors (Lipinski definition) is 2. The predicted octanol–water partition coefficient (Wildman–Crippen LogP) is 2.06. The highest BCUT2D eigenvalue weighted by molar-refractivity contribution is 7.80. The average molecular weight is 172 g/mol. The molecule has 11 heavy (non-hydrogen) atoms. The van der Waals surface area contributed by atoms with Crippen LogP contribution in [0.1, 0.15) is 32.1 Å². The minimum atomic E-state index is -0.354. The molecule has 0 spiro atoms. The molecule has 0 heterocycles. The molecule has 2 heteroatoms. The van der Waals surface area contributed by atoms with Gasteiger partial charge in [-0.25, -0.2) is 0 Å². The molecule has 0 aromatic heterocycles. The SMILES string of the molecule is O[C@H](S)C1C2CCCC1CC2. The monoisotopic (exact) mass is 172 g/mol. The van der Waals surface area contributed by atoms with Crippen molar-refractivity contribution in [1.29, 1.82) is 0 Å². The van der Waals surface area contributed by atoms with Gasteiger partial charge in [0.1, 0.15) is 0 Å². The molecule has 0 aromatic rings. The zero-order chi connectivity index (χ0) is 7.84. The summed E-state index contributed by atoms with van der Waals surface area (Å²) in [7, 11) is 0. The fourth-order valence-corrected chi connectivity index (χ4v) is 3.49. The van der Waals surface area contributed by atoms with Crippen LogP contribution in [0.15, 0.2) is 0 Å². The summed E-state index contributed by atoms with van der Waals surface area (Å²) in [6, 6.07) is 0. The molecule has 2 rings (SSSR count). The van der Waals surface area contributed by atoms with Gasteiger partial charge < -0.3 is 5.11 Å². The third kappa shape index (κ3) is 1.31. The fourth-order valence-electron chi connectivity index (χ4n) is 3.00. The van der Waals surface area contributed by atoms with Crippen LogP contribution in [0.3, 0.4) is 0 Å². The van der Waals surface area contributed by atoms with Crippen molar-refractivity contribution >= 4 is 12.6 Å². The van der Waals surface area contributed by atoms with E-state index in [0.717, 1.165) is 11.8 Å². The van der Waals surface area contributed by atoms with E-state index in [-0.39, 0.29) is 5.44 Å². The third-order valence-corrected chi connectivity index (χ3v) is 3.84. The quantitative estimate of drug-likeness (QED) is 0.458. The second-order valence-corrected chi connectivity index (χ2v) is 4.55. The van der Waals surface area contributed by atoms with Crippen molar-refractivity contribution in [2.45, 2.75) is 37.5 Å². The Labute approximate surface area is 73.6 Å². The van der Waals surface area contributed by atoms with Crippen molar-refractivity contribution in [3.05, 3.63) is 0 Å². The van der Waals surface area contributed by atoms with E-state index in [1.54, 1.807) is 0 Å². The number of aliphatic hydroxyl groups excluding tert-OH is 1. The number of rotatable bonds is 1. The van der Waals surface area contributed by atoms with Crippen LogP contribution in [0, 0.1) is 17.8 Å². The molecule has 0 aromatic carbocycles. The van der Waals surface area contributed by atoms with Crippen LogP contribution in [0.5, 0.6) is 0 Å². The maximum atomic E-state index is 9.42. The van der Waals surface area contributed by atoms with Gasteiger partial charge >= 0.3 is 0 Å². The highest BCUT2D eigenvalue weighted by atomic mass is 32.1. The van der Waals surface area contributed by atoms with Crippen LogP contribution in [-0.4, -0.2) is 10.5 Å². The standard InChI is InChI=1S/C9H16OS/c10-9(11)8-6-2-1-3-7(8)5-4-6/h6-11H,1-5H2/t6?,7?,8?,9-/m1/s1. The summed E-state index contributed by atoms with van der Waals surface area (Å²) in [5.74, 6) is 2.11. The van der Waals surface area contributed by atoms with Crippen molar-refractivity contribution in [2.75, 3.05) is 0 Å². The van der Waals surface area contributed by atoms with Gasteiger partial charge in [0, 0.05) is 0 Å².